The zero-order chi connectivity index (χ0) is 13.6. The highest BCUT2D eigenvalue weighted by Crippen LogP contribution is 2.31. The molecule has 2 heterocycles. The maximum absolute atomic E-state index is 12.3. The van der Waals surface area contributed by atoms with Crippen LogP contribution in [-0.4, -0.2) is 16.8 Å². The summed E-state index contributed by atoms with van der Waals surface area (Å²) in [4.78, 5) is 29.8. The third-order valence-corrected chi connectivity index (χ3v) is 3.59. The largest absolute Gasteiger partial charge is 0.268 e. The van der Waals surface area contributed by atoms with Gasteiger partial charge in [-0.3, -0.25) is 14.6 Å². The van der Waals surface area contributed by atoms with Gasteiger partial charge in [0.05, 0.1) is 16.8 Å². The van der Waals surface area contributed by atoms with E-state index >= 15 is 0 Å². The Labute approximate surface area is 118 Å². The van der Waals surface area contributed by atoms with Gasteiger partial charge in [-0.1, -0.05) is 22.0 Å². The summed E-state index contributed by atoms with van der Waals surface area (Å²) in [7, 11) is 0. The van der Waals surface area contributed by atoms with Gasteiger partial charge in [-0.2, -0.15) is 0 Å². The average Bonchev–Trinajstić information content (AvgIpc) is 2.66. The molecule has 1 aliphatic rings. The van der Waals surface area contributed by atoms with Crippen LogP contribution in [0.25, 0.3) is 0 Å². The summed E-state index contributed by atoms with van der Waals surface area (Å²) >= 11 is 3.36. The summed E-state index contributed by atoms with van der Waals surface area (Å²) in [6.07, 6.45) is 2.95. The van der Waals surface area contributed by atoms with Crippen molar-refractivity contribution < 1.29 is 9.59 Å². The highest BCUT2D eigenvalue weighted by atomic mass is 79.9. The van der Waals surface area contributed by atoms with E-state index in [0.717, 1.165) is 10.0 Å². The topological polar surface area (TPSA) is 50.3 Å². The number of carbonyl (C=O) groups is 2. The number of benzene rings is 1. The van der Waals surface area contributed by atoms with E-state index in [9.17, 15) is 9.59 Å². The molecule has 4 nitrogen and oxygen atoms in total. The molecule has 0 bridgehead atoms. The van der Waals surface area contributed by atoms with Crippen LogP contribution in [0.5, 0.6) is 0 Å². The number of hydrogen-bond acceptors (Lipinski definition) is 3. The predicted octanol–water partition coefficient (Wildman–Crippen LogP) is 2.95. The Bertz CT molecular complexity index is 677. The van der Waals surface area contributed by atoms with Gasteiger partial charge in [0.2, 0.25) is 0 Å². The fourth-order valence-corrected chi connectivity index (χ4v) is 2.48. The molecule has 0 atom stereocenters. The third kappa shape index (κ3) is 1.77. The summed E-state index contributed by atoms with van der Waals surface area (Å²) in [5.74, 6) is -0.627. The number of anilines is 1. The minimum Gasteiger partial charge on any atom is -0.268 e. The Morgan fingerprint density at radius 2 is 1.84 bits per heavy atom. The Morgan fingerprint density at radius 1 is 1.11 bits per heavy atom. The first-order chi connectivity index (χ1) is 9.09. The van der Waals surface area contributed by atoms with E-state index in [1.54, 1.807) is 12.1 Å². The van der Waals surface area contributed by atoms with Crippen molar-refractivity contribution in [1.29, 1.82) is 0 Å². The van der Waals surface area contributed by atoms with E-state index in [4.69, 9.17) is 0 Å². The number of amides is 2. The Balaban J connectivity index is 2.17. The number of halogens is 1. The normalized spacial score (nSPS) is 13.9. The van der Waals surface area contributed by atoms with Crippen molar-refractivity contribution in [1.82, 2.24) is 4.98 Å². The number of nitrogens with zero attached hydrogens (tertiary/aromatic N) is 2. The molecule has 1 aromatic heterocycles. The standard InChI is InChI=1S/C14H9BrN2O2/c1-8-2-3-9(15)6-12(8)17-13(18)10-4-5-16-7-11(10)14(17)19/h2-7H,1H3. The van der Waals surface area contributed by atoms with Gasteiger partial charge < -0.3 is 0 Å². The van der Waals surface area contributed by atoms with Crippen molar-refractivity contribution in [2.24, 2.45) is 0 Å². The monoisotopic (exact) mass is 316 g/mol. The lowest BCUT2D eigenvalue weighted by atomic mass is 10.2. The number of aryl methyl sites for hydroxylation is 1. The van der Waals surface area contributed by atoms with Gasteiger partial charge >= 0.3 is 0 Å². The second kappa shape index (κ2) is 4.28. The summed E-state index contributed by atoms with van der Waals surface area (Å²) in [5.41, 5.74) is 2.22. The molecule has 0 unspecified atom stereocenters. The van der Waals surface area contributed by atoms with Crippen molar-refractivity contribution in [2.75, 3.05) is 4.90 Å². The lowest BCUT2D eigenvalue weighted by Crippen LogP contribution is -2.30. The molecule has 0 spiro atoms. The van der Waals surface area contributed by atoms with Gasteiger partial charge in [0, 0.05) is 16.9 Å². The zero-order valence-electron chi connectivity index (χ0n) is 10.1. The van der Waals surface area contributed by atoms with Gasteiger partial charge in [-0.25, -0.2) is 4.90 Å². The molecule has 0 saturated carbocycles. The highest BCUT2D eigenvalue weighted by molar-refractivity contribution is 9.10. The van der Waals surface area contributed by atoms with Gasteiger partial charge in [0.15, 0.2) is 0 Å². The lowest BCUT2D eigenvalue weighted by Gasteiger charge is -2.16. The molecule has 94 valence electrons. The summed E-state index contributed by atoms with van der Waals surface area (Å²) in [5, 5.41) is 0. The number of hydrogen-bond donors (Lipinski definition) is 0. The fraction of sp³-hybridized carbons (Fsp3) is 0.0714. The van der Waals surface area contributed by atoms with Gasteiger partial charge in [0.25, 0.3) is 11.8 Å². The van der Waals surface area contributed by atoms with Crippen molar-refractivity contribution in [3.63, 3.8) is 0 Å². The first-order valence-corrected chi connectivity index (χ1v) is 6.48. The number of carbonyl (C=O) groups excluding carboxylic acids is 2. The molecule has 2 aromatic rings. The predicted molar refractivity (Wildman–Crippen MR) is 74.3 cm³/mol. The highest BCUT2D eigenvalue weighted by Gasteiger charge is 2.37. The molecule has 19 heavy (non-hydrogen) atoms. The van der Waals surface area contributed by atoms with E-state index in [-0.39, 0.29) is 11.8 Å². The molecule has 0 N–H and O–H groups in total. The Hall–Kier alpha value is -2.01. The molecule has 5 heteroatoms. The molecule has 2 amide bonds. The van der Waals surface area contributed by atoms with Gasteiger partial charge in [-0.15, -0.1) is 0 Å². The van der Waals surface area contributed by atoms with Crippen molar-refractivity contribution in [3.05, 3.63) is 57.8 Å². The molecule has 0 saturated heterocycles. The molecule has 3 rings (SSSR count). The summed E-state index contributed by atoms with van der Waals surface area (Å²) in [6.45, 7) is 1.86. The minimum absolute atomic E-state index is 0.302. The molecule has 0 radical (unpaired) electrons. The van der Waals surface area contributed by atoms with Crippen LogP contribution in [0.1, 0.15) is 26.3 Å². The van der Waals surface area contributed by atoms with Crippen LogP contribution in [-0.2, 0) is 0 Å². The quantitative estimate of drug-likeness (QED) is 0.760. The molecule has 0 fully saturated rings. The van der Waals surface area contributed by atoms with Crippen LogP contribution in [0, 0.1) is 6.92 Å². The Morgan fingerprint density at radius 3 is 2.58 bits per heavy atom. The first-order valence-electron chi connectivity index (χ1n) is 5.68. The van der Waals surface area contributed by atoms with Crippen LogP contribution in [0.4, 0.5) is 5.69 Å². The number of fused-ring (bicyclic) bond motifs is 1. The number of aromatic nitrogens is 1. The van der Waals surface area contributed by atoms with Crippen molar-refractivity contribution in [2.45, 2.75) is 6.92 Å². The third-order valence-electron chi connectivity index (χ3n) is 3.10. The second-order valence-electron chi connectivity index (χ2n) is 4.30. The molecular formula is C14H9BrN2O2. The maximum atomic E-state index is 12.3. The van der Waals surface area contributed by atoms with Gasteiger partial charge in [-0.05, 0) is 30.7 Å². The van der Waals surface area contributed by atoms with Gasteiger partial charge in [0.1, 0.15) is 0 Å². The van der Waals surface area contributed by atoms with E-state index in [2.05, 4.69) is 20.9 Å². The van der Waals surface area contributed by atoms with Crippen LogP contribution < -0.4 is 4.90 Å². The van der Waals surface area contributed by atoms with E-state index in [1.807, 2.05) is 19.1 Å². The fourth-order valence-electron chi connectivity index (χ4n) is 2.13. The first kappa shape index (κ1) is 12.0. The molecular weight excluding hydrogens is 308 g/mol. The smallest absolute Gasteiger partial charge is 0.267 e. The van der Waals surface area contributed by atoms with Crippen molar-refractivity contribution >= 4 is 33.4 Å². The molecule has 0 aliphatic carbocycles. The van der Waals surface area contributed by atoms with E-state index in [0.29, 0.717) is 16.8 Å². The van der Waals surface area contributed by atoms with Crippen LogP contribution in [0.3, 0.4) is 0 Å². The number of pyridine rings is 1. The maximum Gasteiger partial charge on any atom is 0.267 e. The second-order valence-corrected chi connectivity index (χ2v) is 5.21. The zero-order valence-corrected chi connectivity index (χ0v) is 11.6. The number of rotatable bonds is 1. The van der Waals surface area contributed by atoms with Crippen molar-refractivity contribution in [3.8, 4) is 0 Å². The Kier molecular flexibility index (Phi) is 2.71. The summed E-state index contributed by atoms with van der Waals surface area (Å²) < 4.78 is 0.822. The van der Waals surface area contributed by atoms with E-state index < -0.39 is 0 Å². The average molecular weight is 317 g/mol. The molecule has 1 aromatic carbocycles. The molecule has 1 aliphatic heterocycles. The van der Waals surface area contributed by atoms with Crippen LogP contribution in [0.2, 0.25) is 0 Å². The van der Waals surface area contributed by atoms with E-state index in [1.165, 1.54) is 17.3 Å². The van der Waals surface area contributed by atoms with Crippen LogP contribution in [0.15, 0.2) is 41.1 Å². The summed E-state index contributed by atoms with van der Waals surface area (Å²) in [6, 6.07) is 7.08. The van der Waals surface area contributed by atoms with Crippen LogP contribution >= 0.6 is 15.9 Å². The lowest BCUT2D eigenvalue weighted by molar-refractivity contribution is 0.0926. The SMILES string of the molecule is Cc1ccc(Br)cc1N1C(=O)c2ccncc2C1=O. The minimum atomic E-state index is -0.325. The number of imide groups is 1.